The van der Waals surface area contributed by atoms with E-state index in [1.54, 1.807) is 24.3 Å². The van der Waals surface area contributed by atoms with Crippen LogP contribution in [0.25, 0.3) is 11.0 Å². The lowest BCUT2D eigenvalue weighted by Gasteiger charge is -2.06. The first kappa shape index (κ1) is 22.4. The smallest absolute Gasteiger partial charge is 0.495 e. The zero-order valence-electron chi connectivity index (χ0n) is 14.9. The molecule has 10 heteroatoms. The molecule has 0 saturated heterocycles. The van der Waals surface area contributed by atoms with Gasteiger partial charge in [0.05, 0.1) is 20.7 Å². The first-order valence-corrected chi connectivity index (χ1v) is 9.42. The highest BCUT2D eigenvalue weighted by atomic mass is 32.3. The van der Waals surface area contributed by atoms with Crippen molar-refractivity contribution in [1.29, 1.82) is 0 Å². The van der Waals surface area contributed by atoms with E-state index in [0.29, 0.717) is 17.6 Å². The van der Waals surface area contributed by atoms with Crippen molar-refractivity contribution in [3.05, 3.63) is 30.1 Å². The summed E-state index contributed by atoms with van der Waals surface area (Å²) in [5.41, 5.74) is 1.27. The van der Waals surface area contributed by atoms with Crippen LogP contribution in [0.1, 0.15) is 38.4 Å². The van der Waals surface area contributed by atoms with Crippen molar-refractivity contribution >= 4 is 21.4 Å². The molecule has 0 N–H and O–H groups in total. The van der Waals surface area contributed by atoms with Gasteiger partial charge in [-0.15, -0.1) is 0 Å². The quantitative estimate of drug-likeness (QED) is 0.325. The molecule has 1 aromatic heterocycles. The number of unbranched alkanes of at least 4 members (excludes halogenated alkanes) is 3. The predicted molar refractivity (Wildman–Crippen MR) is 89.0 cm³/mol. The summed E-state index contributed by atoms with van der Waals surface area (Å²) in [6.07, 6.45) is -0.461. The minimum atomic E-state index is -4.41. The fourth-order valence-electron chi connectivity index (χ4n) is 2.65. The molecule has 0 saturated carbocycles. The summed E-state index contributed by atoms with van der Waals surface area (Å²) in [5.74, 6) is -0.574. The van der Waals surface area contributed by atoms with Crippen molar-refractivity contribution in [2.45, 2.75) is 45.3 Å². The lowest BCUT2D eigenvalue weighted by Crippen LogP contribution is -2.38. The number of fused-ring (bicyclic) bond motifs is 1. The average Bonchev–Trinajstić information content (AvgIpc) is 2.84. The predicted octanol–water partition coefficient (Wildman–Crippen LogP) is 3.16. The van der Waals surface area contributed by atoms with Crippen LogP contribution in [0.2, 0.25) is 0 Å². The molecule has 0 aliphatic heterocycles. The molecule has 2 aromatic rings. The van der Waals surface area contributed by atoms with Crippen molar-refractivity contribution in [3.8, 4) is 0 Å². The van der Waals surface area contributed by atoms with E-state index in [-0.39, 0.29) is 0 Å². The number of nitrogens with zero attached hydrogens (tertiary/aromatic N) is 2. The van der Waals surface area contributed by atoms with Gasteiger partial charge in [-0.1, -0.05) is 31.9 Å². The number of aromatic nitrogens is 2. The summed E-state index contributed by atoms with van der Waals surface area (Å²) in [5, 5.41) is 0. The van der Waals surface area contributed by atoms with Crippen LogP contribution in [0.15, 0.2) is 24.3 Å². The van der Waals surface area contributed by atoms with Crippen LogP contribution < -0.4 is 4.57 Å². The first-order valence-electron chi connectivity index (χ1n) is 8.08. The fourth-order valence-corrected chi connectivity index (χ4v) is 2.65. The van der Waals surface area contributed by atoms with Gasteiger partial charge in [0.2, 0.25) is 10.4 Å². The molecular weight excluding hydrogens is 373 g/mol. The minimum Gasteiger partial charge on any atom is -0.726 e. The molecule has 0 bridgehead atoms. The molecule has 0 atom stereocenters. The molecule has 0 spiro atoms. The van der Waals surface area contributed by atoms with Gasteiger partial charge in [-0.2, -0.15) is 13.2 Å². The molecule has 0 radical (unpaired) electrons. The van der Waals surface area contributed by atoms with Crippen molar-refractivity contribution in [1.82, 2.24) is 4.57 Å². The van der Waals surface area contributed by atoms with Gasteiger partial charge < -0.3 is 4.55 Å². The second-order valence-corrected chi connectivity index (χ2v) is 6.81. The van der Waals surface area contributed by atoms with Crippen molar-refractivity contribution in [3.63, 3.8) is 0 Å². The van der Waals surface area contributed by atoms with Gasteiger partial charge in [-0.05, 0) is 25.0 Å². The third-order valence-corrected chi connectivity index (χ3v) is 4.21. The maximum absolute atomic E-state index is 13.3. The Hall–Kier alpha value is -1.65. The van der Waals surface area contributed by atoms with E-state index in [0.717, 1.165) is 32.8 Å². The third kappa shape index (κ3) is 6.26. The Morgan fingerprint density at radius 3 is 2.27 bits per heavy atom. The minimum absolute atomic E-state index is 0.413. The fraction of sp³-hybridized carbons (Fsp3) is 0.562. The number of imidazole rings is 1. The maximum atomic E-state index is 13.3. The number of aryl methyl sites for hydroxylation is 2. The van der Waals surface area contributed by atoms with Gasteiger partial charge in [0.1, 0.15) is 0 Å². The number of hydrogen-bond acceptors (Lipinski definition) is 4. The van der Waals surface area contributed by atoms with Crippen LogP contribution in [0, 0.1) is 0 Å². The SMILES string of the molecule is CCCCCCn1c(C(F)(F)F)[n+](C)c2ccccc21.COS(=O)(=O)[O-]. The molecule has 2 rings (SSSR count). The summed E-state index contributed by atoms with van der Waals surface area (Å²) in [6, 6.07) is 7.03. The molecule has 1 heterocycles. The highest BCUT2D eigenvalue weighted by molar-refractivity contribution is 7.80. The Morgan fingerprint density at radius 2 is 1.77 bits per heavy atom. The second-order valence-electron chi connectivity index (χ2n) is 5.66. The van der Waals surface area contributed by atoms with Crippen LogP contribution in [0.5, 0.6) is 0 Å². The molecule has 0 aliphatic rings. The molecule has 148 valence electrons. The molecule has 0 amide bonds. The lowest BCUT2D eigenvalue weighted by molar-refractivity contribution is -0.667. The van der Waals surface area contributed by atoms with Crippen LogP contribution in [-0.2, 0) is 34.4 Å². The van der Waals surface area contributed by atoms with E-state index in [4.69, 9.17) is 0 Å². The van der Waals surface area contributed by atoms with Crippen molar-refractivity contribution in [2.75, 3.05) is 7.11 Å². The van der Waals surface area contributed by atoms with Crippen LogP contribution in [-0.4, -0.2) is 24.6 Å². The van der Waals surface area contributed by atoms with Crippen LogP contribution in [0.4, 0.5) is 13.2 Å². The number of hydrogen-bond donors (Lipinski definition) is 0. The van der Waals surface area contributed by atoms with E-state index < -0.39 is 22.4 Å². The number of para-hydroxylation sites is 2. The zero-order chi connectivity index (χ0) is 20.0. The summed E-state index contributed by atoms with van der Waals surface area (Å²) >= 11 is 0. The monoisotopic (exact) mass is 396 g/mol. The summed E-state index contributed by atoms with van der Waals surface area (Å²) < 4.78 is 73.5. The van der Waals surface area contributed by atoms with E-state index in [1.165, 1.54) is 16.2 Å². The van der Waals surface area contributed by atoms with E-state index in [1.807, 2.05) is 0 Å². The number of halogens is 3. The van der Waals surface area contributed by atoms with Crippen LogP contribution >= 0.6 is 0 Å². The highest BCUT2D eigenvalue weighted by Crippen LogP contribution is 2.30. The second kappa shape index (κ2) is 9.33. The Morgan fingerprint density at radius 1 is 1.19 bits per heavy atom. The van der Waals surface area contributed by atoms with Crippen molar-refractivity contribution in [2.24, 2.45) is 7.05 Å². The Kier molecular flexibility index (Phi) is 8.04. The van der Waals surface area contributed by atoms with Gasteiger partial charge in [0.15, 0.2) is 11.0 Å². The van der Waals surface area contributed by atoms with Crippen molar-refractivity contribution < 1.29 is 34.9 Å². The number of rotatable bonds is 6. The standard InChI is InChI=1S/C15H20F3N2.CH4O4S/c1-3-4-5-8-11-20-13-10-7-6-9-12(13)19(2)14(20)15(16,17)18;1-5-6(2,3)4/h6-7,9-10H,3-5,8,11H2,1-2H3;1H3,(H,2,3,4)/q+1;/p-1. The Bertz CT molecular complexity index is 817. The number of alkyl halides is 3. The maximum Gasteiger partial charge on any atom is 0.495 e. The molecule has 6 nitrogen and oxygen atoms in total. The topological polar surface area (TPSA) is 75.2 Å². The Balaban J connectivity index is 0.000000487. The van der Waals surface area contributed by atoms with Gasteiger partial charge in [0.25, 0.3) is 0 Å². The van der Waals surface area contributed by atoms with Crippen LogP contribution in [0.3, 0.4) is 0 Å². The lowest BCUT2D eigenvalue weighted by atomic mass is 10.2. The number of benzene rings is 1. The highest BCUT2D eigenvalue weighted by Gasteiger charge is 2.45. The van der Waals surface area contributed by atoms with E-state index in [2.05, 4.69) is 11.1 Å². The third-order valence-electron chi connectivity index (χ3n) is 3.80. The summed E-state index contributed by atoms with van der Waals surface area (Å²) in [4.78, 5) is 0. The van der Waals surface area contributed by atoms with Gasteiger partial charge >= 0.3 is 12.0 Å². The largest absolute Gasteiger partial charge is 0.726 e. The van der Waals surface area contributed by atoms with Gasteiger partial charge in [-0.3, -0.25) is 4.18 Å². The molecule has 0 fully saturated rings. The first-order chi connectivity index (χ1) is 12.0. The van der Waals surface area contributed by atoms with Gasteiger partial charge in [0, 0.05) is 0 Å². The van der Waals surface area contributed by atoms with E-state index >= 15 is 0 Å². The average molecular weight is 396 g/mol. The molecule has 0 aliphatic carbocycles. The van der Waals surface area contributed by atoms with Gasteiger partial charge in [-0.25, -0.2) is 17.6 Å². The Labute approximate surface area is 151 Å². The molecule has 1 aromatic carbocycles. The molecule has 26 heavy (non-hydrogen) atoms. The zero-order valence-corrected chi connectivity index (χ0v) is 15.7. The molecule has 0 unspecified atom stereocenters. The normalized spacial score (nSPS) is 12.1. The van der Waals surface area contributed by atoms with E-state index in [9.17, 15) is 26.1 Å². The molecular formula is C16H23F3N2O4S. The summed E-state index contributed by atoms with van der Waals surface area (Å²) in [7, 11) is -2.12. The summed E-state index contributed by atoms with van der Waals surface area (Å²) in [6.45, 7) is 2.50.